The number of amides is 1. The number of nitrogens with one attached hydrogen (secondary N) is 1. The summed E-state index contributed by atoms with van der Waals surface area (Å²) in [5.41, 5.74) is 5.44. The number of aromatic nitrogens is 1. The van der Waals surface area contributed by atoms with Crippen molar-refractivity contribution in [1.29, 1.82) is 5.26 Å². The Hall–Kier alpha value is -2.65. The van der Waals surface area contributed by atoms with Gasteiger partial charge in [-0.3, -0.25) is 4.79 Å². The third kappa shape index (κ3) is 2.84. The fourth-order valence-corrected chi connectivity index (χ4v) is 1.68. The van der Waals surface area contributed by atoms with Crippen molar-refractivity contribution in [3.8, 4) is 6.07 Å². The van der Waals surface area contributed by atoms with E-state index in [1.807, 2.05) is 0 Å². The Morgan fingerprint density at radius 1 is 1.40 bits per heavy atom. The number of halogens is 2. The van der Waals surface area contributed by atoms with Crippen molar-refractivity contribution in [3.63, 3.8) is 0 Å². The molecule has 0 radical (unpaired) electrons. The molecule has 1 amide bonds. The van der Waals surface area contributed by atoms with E-state index in [-0.39, 0.29) is 27.8 Å². The quantitative estimate of drug-likeness (QED) is 0.889. The second-order valence-electron chi connectivity index (χ2n) is 3.83. The first-order valence-corrected chi connectivity index (χ1v) is 5.82. The van der Waals surface area contributed by atoms with Gasteiger partial charge in [-0.25, -0.2) is 9.37 Å². The molecule has 5 nitrogen and oxygen atoms in total. The van der Waals surface area contributed by atoms with Crippen LogP contribution in [0.1, 0.15) is 16.1 Å². The fourth-order valence-electron chi connectivity index (χ4n) is 1.48. The van der Waals surface area contributed by atoms with E-state index in [9.17, 15) is 9.18 Å². The predicted molar refractivity (Wildman–Crippen MR) is 72.7 cm³/mol. The molecule has 0 aliphatic rings. The van der Waals surface area contributed by atoms with E-state index in [1.54, 1.807) is 6.07 Å². The van der Waals surface area contributed by atoms with Gasteiger partial charge in [0, 0.05) is 0 Å². The number of benzene rings is 1. The van der Waals surface area contributed by atoms with Crippen LogP contribution in [0.3, 0.4) is 0 Å². The van der Waals surface area contributed by atoms with Crippen LogP contribution < -0.4 is 11.1 Å². The number of carbonyl (C=O) groups is 1. The van der Waals surface area contributed by atoms with Crippen molar-refractivity contribution in [2.75, 3.05) is 11.1 Å². The first-order valence-electron chi connectivity index (χ1n) is 5.44. The molecule has 0 bridgehead atoms. The molecule has 3 N–H and O–H groups in total. The van der Waals surface area contributed by atoms with Crippen molar-refractivity contribution in [1.82, 2.24) is 4.98 Å². The number of rotatable bonds is 2. The number of pyridine rings is 1. The first kappa shape index (κ1) is 13.8. The molecule has 0 fully saturated rings. The minimum Gasteiger partial charge on any atom is -0.384 e. The third-order valence-corrected chi connectivity index (χ3v) is 2.73. The summed E-state index contributed by atoms with van der Waals surface area (Å²) >= 11 is 5.83. The standard InChI is InChI=1S/C13H8ClFN4O/c14-8-2-4-11(17)19-12(8)13(20)18-10-3-1-7(6-16)5-9(10)15/h1-5H,(H2,17,19)(H,18,20). The van der Waals surface area contributed by atoms with Gasteiger partial charge in [0.1, 0.15) is 17.3 Å². The molecule has 0 atom stereocenters. The number of hydrogen-bond donors (Lipinski definition) is 2. The van der Waals surface area contributed by atoms with Crippen LogP contribution >= 0.6 is 11.6 Å². The van der Waals surface area contributed by atoms with Crippen LogP contribution in [0.2, 0.25) is 5.02 Å². The number of nitriles is 1. The molecule has 100 valence electrons. The van der Waals surface area contributed by atoms with Gasteiger partial charge in [-0.2, -0.15) is 5.26 Å². The maximum atomic E-state index is 13.6. The third-order valence-electron chi connectivity index (χ3n) is 2.43. The Morgan fingerprint density at radius 2 is 2.15 bits per heavy atom. The molecule has 7 heteroatoms. The van der Waals surface area contributed by atoms with Gasteiger partial charge in [0.25, 0.3) is 5.91 Å². The highest BCUT2D eigenvalue weighted by atomic mass is 35.5. The highest BCUT2D eigenvalue weighted by Gasteiger charge is 2.15. The van der Waals surface area contributed by atoms with Gasteiger partial charge in [0.2, 0.25) is 0 Å². The highest BCUT2D eigenvalue weighted by Crippen LogP contribution is 2.19. The van der Waals surface area contributed by atoms with E-state index in [4.69, 9.17) is 22.6 Å². The molecule has 0 unspecified atom stereocenters. The van der Waals surface area contributed by atoms with E-state index in [1.165, 1.54) is 24.3 Å². The lowest BCUT2D eigenvalue weighted by Gasteiger charge is -2.07. The molecule has 1 aromatic carbocycles. The SMILES string of the molecule is N#Cc1ccc(NC(=O)c2nc(N)ccc2Cl)c(F)c1. The van der Waals surface area contributed by atoms with Gasteiger partial charge >= 0.3 is 0 Å². The topological polar surface area (TPSA) is 91.8 Å². The molecule has 0 aliphatic carbocycles. The maximum absolute atomic E-state index is 13.6. The number of nitrogens with two attached hydrogens (primary N) is 1. The summed E-state index contributed by atoms with van der Waals surface area (Å²) in [6.45, 7) is 0. The maximum Gasteiger partial charge on any atom is 0.275 e. The Kier molecular flexibility index (Phi) is 3.82. The first-order chi connectivity index (χ1) is 9.51. The normalized spacial score (nSPS) is 9.85. The van der Waals surface area contributed by atoms with Gasteiger partial charge < -0.3 is 11.1 Å². The van der Waals surface area contributed by atoms with Crippen molar-refractivity contribution >= 4 is 29.0 Å². The Labute approximate surface area is 118 Å². The molecular formula is C13H8ClFN4O. The van der Waals surface area contributed by atoms with Crippen LogP contribution in [0.5, 0.6) is 0 Å². The highest BCUT2D eigenvalue weighted by molar-refractivity contribution is 6.34. The van der Waals surface area contributed by atoms with Crippen LogP contribution in [-0.4, -0.2) is 10.9 Å². The van der Waals surface area contributed by atoms with Crippen LogP contribution in [-0.2, 0) is 0 Å². The molecule has 0 saturated carbocycles. The van der Waals surface area contributed by atoms with Gasteiger partial charge in [-0.15, -0.1) is 0 Å². The Balaban J connectivity index is 2.28. The van der Waals surface area contributed by atoms with Gasteiger partial charge in [-0.05, 0) is 30.3 Å². The lowest BCUT2D eigenvalue weighted by Crippen LogP contribution is -2.16. The summed E-state index contributed by atoms with van der Waals surface area (Å²) in [7, 11) is 0. The number of nitrogen functional groups attached to an aromatic ring is 1. The predicted octanol–water partition coefficient (Wildman–Crippen LogP) is 2.58. The van der Waals surface area contributed by atoms with Crippen LogP contribution in [0.25, 0.3) is 0 Å². The van der Waals surface area contributed by atoms with Gasteiger partial charge in [-0.1, -0.05) is 11.6 Å². The molecule has 0 spiro atoms. The molecule has 1 heterocycles. The summed E-state index contributed by atoms with van der Waals surface area (Å²) in [6, 6.07) is 8.35. The number of carbonyl (C=O) groups excluding carboxylic acids is 1. The van der Waals surface area contributed by atoms with E-state index < -0.39 is 11.7 Å². The van der Waals surface area contributed by atoms with Gasteiger partial charge in [0.05, 0.1) is 22.3 Å². The second kappa shape index (κ2) is 5.55. The molecule has 0 saturated heterocycles. The van der Waals surface area contributed by atoms with Crippen molar-refractivity contribution in [3.05, 3.63) is 52.4 Å². The summed E-state index contributed by atoms with van der Waals surface area (Å²) in [6.07, 6.45) is 0. The zero-order valence-electron chi connectivity index (χ0n) is 10.0. The van der Waals surface area contributed by atoms with Gasteiger partial charge in [0.15, 0.2) is 0 Å². The zero-order chi connectivity index (χ0) is 14.7. The van der Waals surface area contributed by atoms with Crippen molar-refractivity contribution in [2.45, 2.75) is 0 Å². The molecule has 0 aliphatic heterocycles. The molecule has 20 heavy (non-hydrogen) atoms. The van der Waals surface area contributed by atoms with Crippen molar-refractivity contribution < 1.29 is 9.18 Å². The Morgan fingerprint density at radius 3 is 2.80 bits per heavy atom. The number of hydrogen-bond acceptors (Lipinski definition) is 4. The lowest BCUT2D eigenvalue weighted by atomic mass is 10.2. The summed E-state index contributed by atoms with van der Waals surface area (Å²) in [4.78, 5) is 15.7. The van der Waals surface area contributed by atoms with Crippen molar-refractivity contribution in [2.24, 2.45) is 0 Å². The number of nitrogens with zero attached hydrogens (tertiary/aromatic N) is 2. The molecule has 2 aromatic rings. The average Bonchev–Trinajstić information content (AvgIpc) is 2.43. The summed E-state index contributed by atoms with van der Waals surface area (Å²) in [5, 5.41) is 11.1. The largest absolute Gasteiger partial charge is 0.384 e. The summed E-state index contributed by atoms with van der Waals surface area (Å²) in [5.74, 6) is -1.29. The monoisotopic (exact) mass is 290 g/mol. The zero-order valence-corrected chi connectivity index (χ0v) is 10.8. The number of anilines is 2. The molecular weight excluding hydrogens is 283 g/mol. The fraction of sp³-hybridized carbons (Fsp3) is 0. The van der Waals surface area contributed by atoms with Crippen LogP contribution in [0.15, 0.2) is 30.3 Å². The van der Waals surface area contributed by atoms with E-state index in [0.29, 0.717) is 0 Å². The smallest absolute Gasteiger partial charge is 0.275 e. The second-order valence-corrected chi connectivity index (χ2v) is 4.23. The minimum absolute atomic E-state index is 0.0747. The summed E-state index contributed by atoms with van der Waals surface area (Å²) < 4.78 is 13.6. The van der Waals surface area contributed by atoms with E-state index in [0.717, 1.165) is 6.07 Å². The van der Waals surface area contributed by atoms with E-state index >= 15 is 0 Å². The molecule has 2 rings (SSSR count). The van der Waals surface area contributed by atoms with E-state index in [2.05, 4.69) is 10.3 Å². The molecule has 1 aromatic heterocycles. The van der Waals surface area contributed by atoms with Crippen LogP contribution in [0, 0.1) is 17.1 Å². The lowest BCUT2D eigenvalue weighted by molar-refractivity contribution is 0.102. The Bertz CT molecular complexity index is 727. The average molecular weight is 291 g/mol. The van der Waals surface area contributed by atoms with Crippen LogP contribution in [0.4, 0.5) is 15.9 Å². The minimum atomic E-state index is -0.725.